The molecule has 0 radical (unpaired) electrons. The predicted molar refractivity (Wildman–Crippen MR) is 94.6 cm³/mol. The first-order chi connectivity index (χ1) is 12.1. The molecule has 1 saturated carbocycles. The Morgan fingerprint density at radius 3 is 2.52 bits per heavy atom. The second-order valence-electron chi connectivity index (χ2n) is 6.24. The number of halogens is 1. The molecular formula is C20H22FNO3. The summed E-state index contributed by atoms with van der Waals surface area (Å²) in [5, 5.41) is 2.85. The van der Waals surface area contributed by atoms with Crippen LogP contribution in [-0.2, 0) is 11.2 Å². The molecule has 0 atom stereocenters. The highest BCUT2D eigenvalue weighted by Gasteiger charge is 2.19. The summed E-state index contributed by atoms with van der Waals surface area (Å²) in [6.45, 7) is 0. The van der Waals surface area contributed by atoms with Gasteiger partial charge in [-0.1, -0.05) is 12.1 Å². The smallest absolute Gasteiger partial charge is 0.228 e. The molecule has 4 nitrogen and oxygen atoms in total. The fourth-order valence-electron chi connectivity index (χ4n) is 3.03. The molecule has 0 unspecified atom stereocenters. The summed E-state index contributed by atoms with van der Waals surface area (Å²) in [4.78, 5) is 12.2. The van der Waals surface area contributed by atoms with Crippen LogP contribution in [0.2, 0.25) is 0 Å². The standard InChI is InChI=1S/C20H22FNO3/c1-24-18-11-10-16(13-19(18)25-17-4-2-3-5-17)22-20(23)12-14-6-8-15(21)9-7-14/h6-11,13,17H,2-5,12H2,1H3,(H,22,23). The van der Waals surface area contributed by atoms with Gasteiger partial charge in [-0.2, -0.15) is 0 Å². The number of benzene rings is 2. The molecule has 25 heavy (non-hydrogen) atoms. The van der Waals surface area contributed by atoms with Crippen LogP contribution in [0, 0.1) is 5.82 Å². The van der Waals surface area contributed by atoms with Gasteiger partial charge in [-0.3, -0.25) is 4.79 Å². The molecule has 2 aromatic carbocycles. The van der Waals surface area contributed by atoms with E-state index in [2.05, 4.69) is 5.32 Å². The summed E-state index contributed by atoms with van der Waals surface area (Å²) in [5.41, 5.74) is 1.41. The van der Waals surface area contributed by atoms with Crippen LogP contribution in [0.1, 0.15) is 31.2 Å². The highest BCUT2D eigenvalue weighted by molar-refractivity contribution is 5.92. The van der Waals surface area contributed by atoms with Gasteiger partial charge in [0.25, 0.3) is 0 Å². The summed E-state index contributed by atoms with van der Waals surface area (Å²) < 4.78 is 24.3. The van der Waals surface area contributed by atoms with E-state index < -0.39 is 0 Å². The third-order valence-electron chi connectivity index (χ3n) is 4.32. The van der Waals surface area contributed by atoms with Crippen LogP contribution < -0.4 is 14.8 Å². The average molecular weight is 343 g/mol. The van der Waals surface area contributed by atoms with Crippen molar-refractivity contribution in [2.45, 2.75) is 38.2 Å². The van der Waals surface area contributed by atoms with Crippen molar-refractivity contribution in [3.8, 4) is 11.5 Å². The van der Waals surface area contributed by atoms with Crippen LogP contribution >= 0.6 is 0 Å². The molecule has 0 aromatic heterocycles. The largest absolute Gasteiger partial charge is 0.493 e. The van der Waals surface area contributed by atoms with E-state index in [1.165, 1.54) is 25.0 Å². The lowest BCUT2D eigenvalue weighted by atomic mass is 10.1. The van der Waals surface area contributed by atoms with Crippen molar-refractivity contribution >= 4 is 11.6 Å². The minimum atomic E-state index is -0.312. The average Bonchev–Trinajstić information content (AvgIpc) is 3.10. The Hall–Kier alpha value is -2.56. The molecule has 1 fully saturated rings. The van der Waals surface area contributed by atoms with Crippen molar-refractivity contribution < 1.29 is 18.7 Å². The van der Waals surface area contributed by atoms with Gasteiger partial charge in [-0.05, 0) is 55.5 Å². The first kappa shape index (κ1) is 17.3. The molecule has 3 rings (SSSR count). The van der Waals surface area contributed by atoms with Gasteiger partial charge in [-0.15, -0.1) is 0 Å². The zero-order valence-corrected chi connectivity index (χ0v) is 14.3. The number of rotatable bonds is 6. The van der Waals surface area contributed by atoms with Crippen LogP contribution in [0.5, 0.6) is 11.5 Å². The number of hydrogen-bond acceptors (Lipinski definition) is 3. The Balaban J connectivity index is 1.66. The molecule has 5 heteroatoms. The molecule has 1 amide bonds. The molecule has 0 bridgehead atoms. The van der Waals surface area contributed by atoms with Crippen LogP contribution in [0.4, 0.5) is 10.1 Å². The first-order valence-electron chi connectivity index (χ1n) is 8.53. The molecule has 1 aliphatic carbocycles. The molecule has 2 aromatic rings. The number of nitrogens with one attached hydrogen (secondary N) is 1. The van der Waals surface area contributed by atoms with Crippen LogP contribution in [-0.4, -0.2) is 19.1 Å². The number of hydrogen-bond donors (Lipinski definition) is 1. The summed E-state index contributed by atoms with van der Waals surface area (Å²) >= 11 is 0. The molecule has 0 aliphatic heterocycles. The van der Waals surface area contributed by atoms with E-state index in [9.17, 15) is 9.18 Å². The maximum absolute atomic E-state index is 12.9. The maximum atomic E-state index is 12.9. The van der Waals surface area contributed by atoms with E-state index >= 15 is 0 Å². The van der Waals surface area contributed by atoms with Crippen molar-refractivity contribution in [1.29, 1.82) is 0 Å². The van der Waals surface area contributed by atoms with Gasteiger partial charge < -0.3 is 14.8 Å². The zero-order valence-electron chi connectivity index (χ0n) is 14.3. The summed E-state index contributed by atoms with van der Waals surface area (Å²) in [6, 6.07) is 11.3. The number of anilines is 1. The van der Waals surface area contributed by atoms with E-state index in [0.717, 1.165) is 18.4 Å². The van der Waals surface area contributed by atoms with Gasteiger partial charge in [0.2, 0.25) is 5.91 Å². The van der Waals surface area contributed by atoms with Gasteiger partial charge >= 0.3 is 0 Å². The Kier molecular flexibility index (Phi) is 5.53. The van der Waals surface area contributed by atoms with Crippen molar-refractivity contribution in [2.24, 2.45) is 0 Å². The Labute approximate surface area is 147 Å². The number of carbonyl (C=O) groups excluding carboxylic acids is 1. The highest BCUT2D eigenvalue weighted by atomic mass is 19.1. The number of ether oxygens (including phenoxy) is 2. The van der Waals surface area contributed by atoms with Crippen molar-refractivity contribution in [2.75, 3.05) is 12.4 Å². The van der Waals surface area contributed by atoms with Crippen molar-refractivity contribution in [1.82, 2.24) is 0 Å². The quantitative estimate of drug-likeness (QED) is 0.849. The van der Waals surface area contributed by atoms with E-state index in [-0.39, 0.29) is 24.2 Å². The van der Waals surface area contributed by atoms with E-state index in [0.29, 0.717) is 17.2 Å². The lowest BCUT2D eigenvalue weighted by Gasteiger charge is -2.17. The van der Waals surface area contributed by atoms with Crippen LogP contribution in [0.25, 0.3) is 0 Å². The second-order valence-corrected chi connectivity index (χ2v) is 6.24. The first-order valence-corrected chi connectivity index (χ1v) is 8.53. The molecule has 132 valence electrons. The Bertz CT molecular complexity index is 724. The predicted octanol–water partition coefficient (Wildman–Crippen LogP) is 4.34. The van der Waals surface area contributed by atoms with Crippen LogP contribution in [0.15, 0.2) is 42.5 Å². The van der Waals surface area contributed by atoms with E-state index in [1.54, 1.807) is 37.4 Å². The van der Waals surface area contributed by atoms with E-state index in [1.807, 2.05) is 0 Å². The molecule has 0 spiro atoms. The van der Waals surface area contributed by atoms with Gasteiger partial charge in [-0.25, -0.2) is 4.39 Å². The Morgan fingerprint density at radius 1 is 1.12 bits per heavy atom. The normalized spacial score (nSPS) is 14.3. The zero-order chi connectivity index (χ0) is 17.6. The molecule has 1 aliphatic rings. The maximum Gasteiger partial charge on any atom is 0.228 e. The van der Waals surface area contributed by atoms with Crippen LogP contribution in [0.3, 0.4) is 0 Å². The fourth-order valence-corrected chi connectivity index (χ4v) is 3.03. The van der Waals surface area contributed by atoms with Gasteiger partial charge in [0, 0.05) is 11.8 Å². The van der Waals surface area contributed by atoms with Crippen molar-refractivity contribution in [3.05, 3.63) is 53.8 Å². The topological polar surface area (TPSA) is 47.6 Å². The van der Waals surface area contributed by atoms with Gasteiger partial charge in [0.15, 0.2) is 11.5 Å². The van der Waals surface area contributed by atoms with E-state index in [4.69, 9.17) is 9.47 Å². The molecule has 1 N–H and O–H groups in total. The third-order valence-corrected chi connectivity index (χ3v) is 4.32. The Morgan fingerprint density at radius 2 is 1.84 bits per heavy atom. The number of carbonyl (C=O) groups is 1. The second kappa shape index (κ2) is 8.01. The van der Waals surface area contributed by atoms with Gasteiger partial charge in [0.05, 0.1) is 19.6 Å². The summed E-state index contributed by atoms with van der Waals surface area (Å²) in [7, 11) is 1.60. The highest BCUT2D eigenvalue weighted by Crippen LogP contribution is 2.33. The summed E-state index contributed by atoms with van der Waals surface area (Å²) in [6.07, 6.45) is 4.85. The third kappa shape index (κ3) is 4.72. The molecule has 0 saturated heterocycles. The minimum Gasteiger partial charge on any atom is -0.493 e. The summed E-state index contributed by atoms with van der Waals surface area (Å²) in [5.74, 6) is 0.828. The lowest BCUT2D eigenvalue weighted by Crippen LogP contribution is -2.15. The van der Waals surface area contributed by atoms with Gasteiger partial charge in [0.1, 0.15) is 5.82 Å². The minimum absolute atomic E-state index is 0.163. The molecular weight excluding hydrogens is 321 g/mol. The monoisotopic (exact) mass is 343 g/mol. The lowest BCUT2D eigenvalue weighted by molar-refractivity contribution is -0.115. The number of methoxy groups -OCH3 is 1. The van der Waals surface area contributed by atoms with Crippen molar-refractivity contribution in [3.63, 3.8) is 0 Å². The fraction of sp³-hybridized carbons (Fsp3) is 0.350. The SMILES string of the molecule is COc1ccc(NC(=O)Cc2ccc(F)cc2)cc1OC1CCCC1. The number of amides is 1. The molecule has 0 heterocycles.